The molecule has 0 atom stereocenters. The Morgan fingerprint density at radius 2 is 1.93 bits per heavy atom. The first-order valence-corrected chi connectivity index (χ1v) is 6.20. The highest BCUT2D eigenvalue weighted by atomic mass is 32.1. The van der Waals surface area contributed by atoms with Crippen LogP contribution in [0.3, 0.4) is 0 Å². The standard InChI is InChI=1S/C11H25N3S/c1-5-12-11(15)13-8-6-7-9-14(4)10(2)3/h10H,5-9H2,1-4H3,(H2,12,13,15). The van der Waals surface area contributed by atoms with Gasteiger partial charge >= 0.3 is 0 Å². The van der Waals surface area contributed by atoms with Crippen LogP contribution >= 0.6 is 12.2 Å². The van der Waals surface area contributed by atoms with Crippen molar-refractivity contribution < 1.29 is 0 Å². The average molecular weight is 231 g/mol. The lowest BCUT2D eigenvalue weighted by atomic mass is 10.2. The molecule has 0 saturated heterocycles. The fourth-order valence-electron chi connectivity index (χ4n) is 1.17. The van der Waals surface area contributed by atoms with Crippen LogP contribution in [0, 0.1) is 0 Å². The van der Waals surface area contributed by atoms with E-state index in [0.29, 0.717) is 6.04 Å². The van der Waals surface area contributed by atoms with Gasteiger partial charge in [-0.3, -0.25) is 0 Å². The summed E-state index contributed by atoms with van der Waals surface area (Å²) in [6.07, 6.45) is 2.39. The van der Waals surface area contributed by atoms with Crippen LogP contribution in [0.5, 0.6) is 0 Å². The predicted molar refractivity (Wildman–Crippen MR) is 71.3 cm³/mol. The van der Waals surface area contributed by atoms with Crippen molar-refractivity contribution in [1.82, 2.24) is 15.5 Å². The lowest BCUT2D eigenvalue weighted by Gasteiger charge is -2.20. The van der Waals surface area contributed by atoms with E-state index >= 15 is 0 Å². The van der Waals surface area contributed by atoms with Crippen LogP contribution in [-0.2, 0) is 0 Å². The SMILES string of the molecule is CCNC(=S)NCCCCN(C)C(C)C. The molecule has 3 nitrogen and oxygen atoms in total. The van der Waals surface area contributed by atoms with Gasteiger partial charge in [0.25, 0.3) is 0 Å². The zero-order chi connectivity index (χ0) is 11.7. The van der Waals surface area contributed by atoms with E-state index in [1.54, 1.807) is 0 Å². The van der Waals surface area contributed by atoms with Crippen molar-refractivity contribution in [1.29, 1.82) is 0 Å². The maximum absolute atomic E-state index is 5.06. The summed E-state index contributed by atoms with van der Waals surface area (Å²) in [6.45, 7) is 9.51. The van der Waals surface area contributed by atoms with Gasteiger partial charge in [0.2, 0.25) is 0 Å². The van der Waals surface area contributed by atoms with Gasteiger partial charge in [-0.1, -0.05) is 0 Å². The minimum Gasteiger partial charge on any atom is -0.363 e. The molecule has 0 spiro atoms. The summed E-state index contributed by atoms with van der Waals surface area (Å²) in [6, 6.07) is 0.640. The molecule has 0 aromatic heterocycles. The molecule has 0 amide bonds. The quantitative estimate of drug-likeness (QED) is 0.514. The molecule has 90 valence electrons. The Kier molecular flexibility index (Phi) is 8.71. The number of nitrogens with one attached hydrogen (secondary N) is 2. The van der Waals surface area contributed by atoms with E-state index in [9.17, 15) is 0 Å². The van der Waals surface area contributed by atoms with Crippen molar-refractivity contribution in [2.75, 3.05) is 26.7 Å². The van der Waals surface area contributed by atoms with Gasteiger partial charge in [-0.25, -0.2) is 0 Å². The second-order valence-corrected chi connectivity index (χ2v) is 4.48. The van der Waals surface area contributed by atoms with Crippen molar-refractivity contribution in [3.05, 3.63) is 0 Å². The first kappa shape index (κ1) is 14.6. The molecule has 4 heteroatoms. The third-order valence-electron chi connectivity index (χ3n) is 2.44. The first-order valence-electron chi connectivity index (χ1n) is 5.79. The zero-order valence-corrected chi connectivity index (χ0v) is 11.3. The Balaban J connectivity index is 3.28. The number of nitrogens with zero attached hydrogens (tertiary/aromatic N) is 1. The Hall–Kier alpha value is -0.350. The third-order valence-corrected chi connectivity index (χ3v) is 2.73. The molecule has 0 fully saturated rings. The van der Waals surface area contributed by atoms with E-state index in [1.807, 2.05) is 6.92 Å². The molecule has 0 aliphatic rings. The Labute approximate surface area is 99.6 Å². The molecule has 15 heavy (non-hydrogen) atoms. The highest BCUT2D eigenvalue weighted by Crippen LogP contribution is 1.97. The normalized spacial score (nSPS) is 10.8. The molecule has 0 aliphatic heterocycles. The number of rotatable bonds is 7. The fourth-order valence-corrected chi connectivity index (χ4v) is 1.42. The lowest BCUT2D eigenvalue weighted by Crippen LogP contribution is -2.35. The average Bonchev–Trinajstić information content (AvgIpc) is 2.17. The topological polar surface area (TPSA) is 27.3 Å². The monoisotopic (exact) mass is 231 g/mol. The largest absolute Gasteiger partial charge is 0.363 e. The molecule has 0 aromatic rings. The zero-order valence-electron chi connectivity index (χ0n) is 10.5. The van der Waals surface area contributed by atoms with Gasteiger partial charge in [-0.05, 0) is 59.4 Å². The maximum Gasteiger partial charge on any atom is 0.166 e. The van der Waals surface area contributed by atoms with Gasteiger partial charge in [0, 0.05) is 19.1 Å². The van der Waals surface area contributed by atoms with E-state index in [2.05, 4.69) is 36.4 Å². The third kappa shape index (κ3) is 8.63. The van der Waals surface area contributed by atoms with Crippen molar-refractivity contribution in [2.24, 2.45) is 0 Å². The summed E-state index contributed by atoms with van der Waals surface area (Å²) < 4.78 is 0. The van der Waals surface area contributed by atoms with Crippen molar-refractivity contribution in [3.8, 4) is 0 Å². The fraction of sp³-hybridized carbons (Fsp3) is 0.909. The molecule has 2 N–H and O–H groups in total. The highest BCUT2D eigenvalue weighted by molar-refractivity contribution is 7.80. The Morgan fingerprint density at radius 3 is 2.47 bits per heavy atom. The van der Waals surface area contributed by atoms with Crippen LogP contribution in [0.25, 0.3) is 0 Å². The second kappa shape index (κ2) is 8.92. The van der Waals surface area contributed by atoms with E-state index in [4.69, 9.17) is 12.2 Å². The van der Waals surface area contributed by atoms with Gasteiger partial charge in [0.15, 0.2) is 5.11 Å². The van der Waals surface area contributed by atoms with Crippen LogP contribution in [0.1, 0.15) is 33.6 Å². The minimum atomic E-state index is 0.640. The smallest absolute Gasteiger partial charge is 0.166 e. The molecule has 0 aliphatic carbocycles. The van der Waals surface area contributed by atoms with E-state index in [1.165, 1.54) is 12.8 Å². The van der Waals surface area contributed by atoms with Crippen LogP contribution in [0.15, 0.2) is 0 Å². The van der Waals surface area contributed by atoms with Gasteiger partial charge < -0.3 is 15.5 Å². The number of unbranched alkanes of at least 4 members (excludes halogenated alkanes) is 1. The molecule has 0 unspecified atom stereocenters. The molecular weight excluding hydrogens is 206 g/mol. The van der Waals surface area contributed by atoms with Crippen LogP contribution in [0.2, 0.25) is 0 Å². The second-order valence-electron chi connectivity index (χ2n) is 4.07. The Bertz CT molecular complexity index is 171. The van der Waals surface area contributed by atoms with Gasteiger partial charge in [0.1, 0.15) is 0 Å². The van der Waals surface area contributed by atoms with Crippen molar-refractivity contribution in [2.45, 2.75) is 39.7 Å². The van der Waals surface area contributed by atoms with Crippen LogP contribution < -0.4 is 10.6 Å². The van der Waals surface area contributed by atoms with Crippen LogP contribution in [-0.4, -0.2) is 42.7 Å². The summed E-state index contributed by atoms with van der Waals surface area (Å²) in [7, 11) is 2.17. The number of hydrogen-bond donors (Lipinski definition) is 2. The summed E-state index contributed by atoms with van der Waals surface area (Å²) in [4.78, 5) is 2.36. The number of thiocarbonyl (C=S) groups is 1. The van der Waals surface area contributed by atoms with Gasteiger partial charge in [-0.2, -0.15) is 0 Å². The van der Waals surface area contributed by atoms with Crippen LogP contribution in [0.4, 0.5) is 0 Å². The van der Waals surface area contributed by atoms with Crippen molar-refractivity contribution >= 4 is 17.3 Å². The van der Waals surface area contributed by atoms with E-state index < -0.39 is 0 Å². The van der Waals surface area contributed by atoms with Crippen molar-refractivity contribution in [3.63, 3.8) is 0 Å². The summed E-state index contributed by atoms with van der Waals surface area (Å²) >= 11 is 5.06. The van der Waals surface area contributed by atoms with E-state index in [0.717, 1.165) is 24.7 Å². The summed E-state index contributed by atoms with van der Waals surface area (Å²) in [5.74, 6) is 0. The van der Waals surface area contributed by atoms with Gasteiger partial charge in [0.05, 0.1) is 0 Å². The minimum absolute atomic E-state index is 0.640. The maximum atomic E-state index is 5.06. The molecule has 0 saturated carbocycles. The molecule has 0 bridgehead atoms. The molecule has 0 radical (unpaired) electrons. The molecule has 0 heterocycles. The summed E-state index contributed by atoms with van der Waals surface area (Å²) in [5, 5.41) is 7.03. The Morgan fingerprint density at radius 1 is 1.27 bits per heavy atom. The summed E-state index contributed by atoms with van der Waals surface area (Å²) in [5.41, 5.74) is 0. The molecular formula is C11H25N3S. The molecule has 0 rings (SSSR count). The van der Waals surface area contributed by atoms with Gasteiger partial charge in [-0.15, -0.1) is 0 Å². The lowest BCUT2D eigenvalue weighted by molar-refractivity contribution is 0.268. The number of hydrogen-bond acceptors (Lipinski definition) is 2. The first-order chi connectivity index (χ1) is 7.07. The van der Waals surface area contributed by atoms with E-state index in [-0.39, 0.29) is 0 Å². The predicted octanol–water partition coefficient (Wildman–Crippen LogP) is 1.59. The highest BCUT2D eigenvalue weighted by Gasteiger charge is 2.01. The molecule has 0 aromatic carbocycles.